The first-order valence-corrected chi connectivity index (χ1v) is 6.22. The van der Waals surface area contributed by atoms with E-state index in [1.54, 1.807) is 13.8 Å². The van der Waals surface area contributed by atoms with Gasteiger partial charge in [-0.2, -0.15) is 0 Å². The van der Waals surface area contributed by atoms with Crippen LogP contribution >= 0.6 is 0 Å². The Balaban J connectivity index is 2.21. The molecule has 0 aliphatic carbocycles. The summed E-state index contributed by atoms with van der Waals surface area (Å²) >= 11 is 0. The van der Waals surface area contributed by atoms with E-state index in [0.29, 0.717) is 0 Å². The summed E-state index contributed by atoms with van der Waals surface area (Å²) in [6.07, 6.45) is -0.967. The second kappa shape index (κ2) is 5.00. The van der Waals surface area contributed by atoms with E-state index in [9.17, 15) is 10.2 Å². The molecular weight excluding hydrogens is 228 g/mol. The van der Waals surface area contributed by atoms with Crippen molar-refractivity contribution >= 4 is 0 Å². The topological polar surface area (TPSA) is 72.0 Å². The Morgan fingerprint density at radius 3 is 1.33 bits per heavy atom. The highest BCUT2D eigenvalue weighted by Crippen LogP contribution is 2.25. The largest absolute Gasteiger partial charge is 0.387 e. The van der Waals surface area contributed by atoms with Crippen molar-refractivity contribution in [2.24, 2.45) is 0 Å². The van der Waals surface area contributed by atoms with Gasteiger partial charge in [-0.15, -0.1) is 0 Å². The Bertz CT molecular complexity index is 465. The standard InChI is InChI=1S/C14H20N2O2/c1-8(11-4-6-13(15-11)9(2)17)12-5-7-14(16-12)10(3)18/h4-10,15-18H,1-3H3. The van der Waals surface area contributed by atoms with Crippen molar-refractivity contribution in [3.8, 4) is 0 Å². The van der Waals surface area contributed by atoms with Crippen LogP contribution in [0.4, 0.5) is 0 Å². The van der Waals surface area contributed by atoms with Gasteiger partial charge < -0.3 is 20.2 Å². The molecule has 2 rings (SSSR count). The van der Waals surface area contributed by atoms with Crippen molar-refractivity contribution in [2.45, 2.75) is 38.9 Å². The van der Waals surface area contributed by atoms with Crippen molar-refractivity contribution in [3.05, 3.63) is 47.0 Å². The molecule has 2 atom stereocenters. The first kappa shape index (κ1) is 12.9. The number of aliphatic hydroxyl groups is 2. The second-order valence-corrected chi connectivity index (χ2v) is 4.81. The van der Waals surface area contributed by atoms with Crippen molar-refractivity contribution < 1.29 is 10.2 Å². The average molecular weight is 248 g/mol. The second-order valence-electron chi connectivity index (χ2n) is 4.81. The van der Waals surface area contributed by atoms with E-state index in [1.807, 2.05) is 24.3 Å². The predicted octanol–water partition coefficient (Wildman–Crippen LogP) is 2.60. The van der Waals surface area contributed by atoms with Crippen molar-refractivity contribution in [3.63, 3.8) is 0 Å². The zero-order valence-electron chi connectivity index (χ0n) is 10.9. The van der Waals surface area contributed by atoms with Crippen LogP contribution in [0.3, 0.4) is 0 Å². The molecule has 0 radical (unpaired) electrons. The molecule has 4 heteroatoms. The predicted molar refractivity (Wildman–Crippen MR) is 70.4 cm³/mol. The molecule has 0 fully saturated rings. The van der Waals surface area contributed by atoms with Crippen LogP contribution in [-0.2, 0) is 0 Å². The molecule has 2 heterocycles. The van der Waals surface area contributed by atoms with Gasteiger partial charge in [-0.05, 0) is 38.1 Å². The molecule has 0 aliphatic rings. The van der Waals surface area contributed by atoms with Gasteiger partial charge in [0, 0.05) is 28.7 Å². The van der Waals surface area contributed by atoms with Crippen LogP contribution < -0.4 is 0 Å². The van der Waals surface area contributed by atoms with Gasteiger partial charge in [0.2, 0.25) is 0 Å². The maximum atomic E-state index is 9.49. The number of hydrogen-bond donors (Lipinski definition) is 4. The molecule has 0 amide bonds. The Morgan fingerprint density at radius 2 is 1.06 bits per heavy atom. The number of aromatic amines is 2. The smallest absolute Gasteiger partial charge is 0.0909 e. The first-order valence-electron chi connectivity index (χ1n) is 6.22. The molecule has 0 bridgehead atoms. The minimum absolute atomic E-state index is 0.171. The highest BCUT2D eigenvalue weighted by Gasteiger charge is 2.14. The number of rotatable bonds is 4. The maximum absolute atomic E-state index is 9.49. The Kier molecular flexibility index (Phi) is 3.59. The fourth-order valence-electron chi connectivity index (χ4n) is 2.02. The van der Waals surface area contributed by atoms with E-state index in [1.165, 1.54) is 0 Å². The van der Waals surface area contributed by atoms with Crippen LogP contribution in [0, 0.1) is 0 Å². The lowest BCUT2D eigenvalue weighted by Gasteiger charge is -2.09. The Labute approximate surface area is 107 Å². The Hall–Kier alpha value is -1.52. The van der Waals surface area contributed by atoms with Crippen LogP contribution in [0.2, 0.25) is 0 Å². The van der Waals surface area contributed by atoms with Crippen LogP contribution in [-0.4, -0.2) is 20.2 Å². The fraction of sp³-hybridized carbons (Fsp3) is 0.429. The van der Waals surface area contributed by atoms with E-state index in [0.717, 1.165) is 22.8 Å². The summed E-state index contributed by atoms with van der Waals surface area (Å²) in [7, 11) is 0. The number of aromatic nitrogens is 2. The summed E-state index contributed by atoms with van der Waals surface area (Å²) in [5.74, 6) is 0.171. The fourth-order valence-corrected chi connectivity index (χ4v) is 2.02. The molecule has 2 aromatic heterocycles. The van der Waals surface area contributed by atoms with E-state index < -0.39 is 12.2 Å². The summed E-state index contributed by atoms with van der Waals surface area (Å²) < 4.78 is 0. The Morgan fingerprint density at radius 1 is 0.722 bits per heavy atom. The van der Waals surface area contributed by atoms with Crippen LogP contribution in [0.15, 0.2) is 24.3 Å². The zero-order chi connectivity index (χ0) is 13.3. The molecule has 0 saturated heterocycles. The van der Waals surface area contributed by atoms with E-state index in [4.69, 9.17) is 0 Å². The normalized spacial score (nSPS) is 16.5. The lowest BCUT2D eigenvalue weighted by molar-refractivity contribution is 0.194. The summed E-state index contributed by atoms with van der Waals surface area (Å²) in [6, 6.07) is 7.76. The molecular formula is C14H20N2O2. The third kappa shape index (κ3) is 2.49. The van der Waals surface area contributed by atoms with E-state index >= 15 is 0 Å². The first-order chi connectivity index (χ1) is 8.49. The lowest BCUT2D eigenvalue weighted by Crippen LogP contribution is -2.00. The van der Waals surface area contributed by atoms with Gasteiger partial charge in [0.05, 0.1) is 12.2 Å². The average Bonchev–Trinajstić information content (AvgIpc) is 2.97. The monoisotopic (exact) mass is 248 g/mol. The van der Waals surface area contributed by atoms with E-state index in [-0.39, 0.29) is 5.92 Å². The summed E-state index contributed by atoms with van der Waals surface area (Å²) in [5.41, 5.74) is 3.73. The minimum Gasteiger partial charge on any atom is -0.387 e. The molecule has 18 heavy (non-hydrogen) atoms. The zero-order valence-corrected chi connectivity index (χ0v) is 10.9. The lowest BCUT2D eigenvalue weighted by atomic mass is 10.1. The van der Waals surface area contributed by atoms with Gasteiger partial charge >= 0.3 is 0 Å². The molecule has 98 valence electrons. The number of aliphatic hydroxyl groups excluding tert-OH is 2. The third-order valence-electron chi connectivity index (χ3n) is 3.30. The number of nitrogens with one attached hydrogen (secondary N) is 2. The van der Waals surface area contributed by atoms with E-state index in [2.05, 4.69) is 16.9 Å². The summed E-state index contributed by atoms with van der Waals surface area (Å²) in [4.78, 5) is 6.43. The third-order valence-corrected chi connectivity index (χ3v) is 3.30. The van der Waals surface area contributed by atoms with Gasteiger partial charge in [-0.3, -0.25) is 0 Å². The highest BCUT2D eigenvalue weighted by atomic mass is 16.3. The van der Waals surface area contributed by atoms with Crippen molar-refractivity contribution in [1.29, 1.82) is 0 Å². The molecule has 0 aliphatic heterocycles. The van der Waals surface area contributed by atoms with Crippen LogP contribution in [0.1, 0.15) is 61.7 Å². The molecule has 0 aromatic carbocycles. The van der Waals surface area contributed by atoms with Crippen LogP contribution in [0.25, 0.3) is 0 Å². The minimum atomic E-state index is -0.484. The number of H-pyrrole nitrogens is 2. The van der Waals surface area contributed by atoms with Gasteiger partial charge in [-0.25, -0.2) is 0 Å². The summed E-state index contributed by atoms with van der Waals surface area (Å²) in [6.45, 7) is 5.55. The molecule has 2 unspecified atom stereocenters. The number of hydrogen-bond acceptors (Lipinski definition) is 2. The van der Waals surface area contributed by atoms with Gasteiger partial charge in [-0.1, -0.05) is 6.92 Å². The maximum Gasteiger partial charge on any atom is 0.0909 e. The van der Waals surface area contributed by atoms with Gasteiger partial charge in [0.25, 0.3) is 0 Å². The van der Waals surface area contributed by atoms with Gasteiger partial charge in [0.15, 0.2) is 0 Å². The quantitative estimate of drug-likeness (QED) is 0.671. The van der Waals surface area contributed by atoms with Gasteiger partial charge in [0.1, 0.15) is 0 Å². The molecule has 0 spiro atoms. The molecule has 0 saturated carbocycles. The van der Waals surface area contributed by atoms with Crippen molar-refractivity contribution in [1.82, 2.24) is 9.97 Å². The summed E-state index contributed by atoms with van der Waals surface area (Å²) in [5, 5.41) is 19.0. The molecule has 4 N–H and O–H groups in total. The van der Waals surface area contributed by atoms with Crippen molar-refractivity contribution in [2.75, 3.05) is 0 Å². The SMILES string of the molecule is CC(O)c1ccc(C(C)c2ccc(C(C)O)[nH]2)[nH]1. The van der Waals surface area contributed by atoms with Crippen LogP contribution in [0.5, 0.6) is 0 Å². The molecule has 2 aromatic rings. The molecule has 4 nitrogen and oxygen atoms in total. The highest BCUT2D eigenvalue weighted by molar-refractivity contribution is 5.27.